The summed E-state index contributed by atoms with van der Waals surface area (Å²) in [7, 11) is 0. The number of nitrogens with one attached hydrogen (secondary N) is 2. The summed E-state index contributed by atoms with van der Waals surface area (Å²) in [5, 5.41) is 4.52. The molecule has 158 valence electrons. The van der Waals surface area contributed by atoms with E-state index in [1.165, 1.54) is 6.07 Å². The van der Waals surface area contributed by atoms with E-state index in [0.29, 0.717) is 18.7 Å². The van der Waals surface area contributed by atoms with Crippen molar-refractivity contribution < 1.29 is 18.0 Å². The number of fused-ring (bicyclic) bond motifs is 2. The molecule has 3 aromatic rings. The first-order valence-electron chi connectivity index (χ1n) is 9.11. The predicted octanol–water partition coefficient (Wildman–Crippen LogP) is 0.605. The van der Waals surface area contributed by atoms with Crippen molar-refractivity contribution in [1.29, 1.82) is 0 Å². The van der Waals surface area contributed by atoms with E-state index < -0.39 is 23.7 Å². The number of hydrogen-bond donors (Lipinski definition) is 3. The minimum atomic E-state index is -4.95. The Morgan fingerprint density at radius 2 is 2.00 bits per heavy atom. The van der Waals surface area contributed by atoms with Gasteiger partial charge in [0.05, 0.1) is 5.69 Å². The van der Waals surface area contributed by atoms with Gasteiger partial charge >= 0.3 is 12.1 Å². The summed E-state index contributed by atoms with van der Waals surface area (Å²) in [5.41, 5.74) is 7.59. The number of carbonyl (C=O) groups is 1. The number of H-pyrrole nitrogens is 1. The van der Waals surface area contributed by atoms with Crippen LogP contribution in [0.25, 0.3) is 5.78 Å². The number of alkyl halides is 3. The van der Waals surface area contributed by atoms with Gasteiger partial charge in [-0.2, -0.15) is 22.7 Å². The van der Waals surface area contributed by atoms with E-state index in [9.17, 15) is 22.8 Å². The molecule has 0 aliphatic carbocycles. The number of carbonyl (C=O) groups excluding carboxylic acids is 1. The van der Waals surface area contributed by atoms with E-state index in [1.807, 2.05) is 34.5 Å². The summed E-state index contributed by atoms with van der Waals surface area (Å²) in [5.74, 6) is -1.84. The fourth-order valence-corrected chi connectivity index (χ4v) is 3.57. The molecule has 30 heavy (non-hydrogen) atoms. The molecule has 3 heterocycles. The van der Waals surface area contributed by atoms with E-state index in [0.717, 1.165) is 15.6 Å². The maximum Gasteiger partial charge on any atom is 0.471 e. The number of nitrogen functional groups attached to an aromatic ring is 1. The van der Waals surface area contributed by atoms with Crippen molar-refractivity contribution in [2.75, 3.05) is 12.3 Å². The number of nitrogens with two attached hydrogens (primary N) is 1. The molecule has 1 aliphatic heterocycles. The van der Waals surface area contributed by atoms with Gasteiger partial charge in [0.2, 0.25) is 5.95 Å². The number of benzene rings is 1. The maximum atomic E-state index is 12.6. The molecule has 1 unspecified atom stereocenters. The lowest BCUT2D eigenvalue weighted by atomic mass is 9.93. The fraction of sp³-hybridized carbons (Fsp3) is 0.333. The maximum absolute atomic E-state index is 12.6. The summed E-state index contributed by atoms with van der Waals surface area (Å²) in [6.07, 6.45) is -4.50. The molecule has 0 spiro atoms. The van der Waals surface area contributed by atoms with Crippen LogP contribution in [0.3, 0.4) is 0 Å². The minimum Gasteiger partial charge on any atom is -0.368 e. The zero-order chi connectivity index (χ0) is 21.5. The highest BCUT2D eigenvalue weighted by Crippen LogP contribution is 2.25. The summed E-state index contributed by atoms with van der Waals surface area (Å²) < 4.78 is 38.9. The first-order chi connectivity index (χ1) is 14.2. The minimum absolute atomic E-state index is 0.0383. The van der Waals surface area contributed by atoms with Crippen LogP contribution in [0.1, 0.15) is 16.8 Å². The van der Waals surface area contributed by atoms with Crippen molar-refractivity contribution in [3.63, 3.8) is 0 Å². The third-order valence-electron chi connectivity index (χ3n) is 4.99. The van der Waals surface area contributed by atoms with Gasteiger partial charge in [-0.3, -0.25) is 19.6 Å². The van der Waals surface area contributed by atoms with Crippen molar-refractivity contribution in [1.82, 2.24) is 29.8 Å². The van der Waals surface area contributed by atoms with Gasteiger partial charge in [-0.1, -0.05) is 24.3 Å². The van der Waals surface area contributed by atoms with E-state index in [2.05, 4.69) is 15.1 Å². The first-order valence-corrected chi connectivity index (χ1v) is 9.11. The van der Waals surface area contributed by atoms with E-state index in [-0.39, 0.29) is 24.8 Å². The second kappa shape index (κ2) is 7.44. The van der Waals surface area contributed by atoms with E-state index >= 15 is 0 Å². The normalized spacial score (nSPS) is 17.1. The molecule has 4 rings (SSSR count). The molecule has 0 bridgehead atoms. The Bertz CT molecular complexity index is 1150. The molecule has 1 aliphatic rings. The number of hydrogen-bond acceptors (Lipinski definition) is 6. The summed E-state index contributed by atoms with van der Waals surface area (Å²) in [6, 6.07) is 8.50. The summed E-state index contributed by atoms with van der Waals surface area (Å²) in [6.45, 7) is 0.440. The number of nitrogens with zero attached hydrogens (tertiary/aromatic N) is 4. The van der Waals surface area contributed by atoms with Gasteiger partial charge < -0.3 is 11.1 Å². The highest BCUT2D eigenvalue weighted by Gasteiger charge is 2.39. The van der Waals surface area contributed by atoms with Gasteiger partial charge in [-0.25, -0.2) is 4.98 Å². The Morgan fingerprint density at radius 1 is 1.27 bits per heavy atom. The van der Waals surface area contributed by atoms with Crippen molar-refractivity contribution in [2.24, 2.45) is 0 Å². The zero-order valence-electron chi connectivity index (χ0n) is 15.6. The van der Waals surface area contributed by atoms with Gasteiger partial charge in [0.15, 0.2) is 0 Å². The van der Waals surface area contributed by atoms with Gasteiger partial charge in [0, 0.05) is 31.7 Å². The largest absolute Gasteiger partial charge is 0.471 e. The molecular formula is C18H18F3N7O2. The molecular weight excluding hydrogens is 403 g/mol. The number of anilines is 1. The van der Waals surface area contributed by atoms with Gasteiger partial charge in [-0.15, -0.1) is 0 Å². The van der Waals surface area contributed by atoms with Crippen LogP contribution in [0.5, 0.6) is 0 Å². The van der Waals surface area contributed by atoms with Crippen molar-refractivity contribution >= 4 is 17.6 Å². The molecule has 1 aromatic carbocycles. The van der Waals surface area contributed by atoms with Crippen LogP contribution < -0.4 is 16.6 Å². The van der Waals surface area contributed by atoms with Gasteiger partial charge in [0.25, 0.3) is 11.3 Å². The SMILES string of the molecule is Nc1nc2nc(CN3Cc4ccccc4CC3CNC(=O)C(F)(F)F)cc(=O)n2[nH]1. The smallest absolute Gasteiger partial charge is 0.368 e. The summed E-state index contributed by atoms with van der Waals surface area (Å²) >= 11 is 0. The highest BCUT2D eigenvalue weighted by molar-refractivity contribution is 5.81. The van der Waals surface area contributed by atoms with Crippen LogP contribution in [-0.2, 0) is 24.3 Å². The van der Waals surface area contributed by atoms with E-state index in [1.54, 1.807) is 0 Å². The Labute approximate surface area is 167 Å². The number of aromatic nitrogens is 4. The average molecular weight is 421 g/mol. The third-order valence-corrected chi connectivity index (χ3v) is 4.99. The second-order valence-electron chi connectivity index (χ2n) is 7.07. The molecule has 0 radical (unpaired) electrons. The molecule has 1 atom stereocenters. The van der Waals surface area contributed by atoms with Crippen LogP contribution in [0, 0.1) is 0 Å². The van der Waals surface area contributed by atoms with Crippen molar-refractivity contribution in [3.8, 4) is 0 Å². The number of aromatic amines is 1. The molecule has 4 N–H and O–H groups in total. The monoisotopic (exact) mass is 421 g/mol. The molecule has 0 saturated carbocycles. The molecule has 0 fully saturated rings. The van der Waals surface area contributed by atoms with Crippen molar-refractivity contribution in [2.45, 2.75) is 31.7 Å². The predicted molar refractivity (Wildman–Crippen MR) is 100 cm³/mol. The Hall–Kier alpha value is -3.41. The van der Waals surface area contributed by atoms with Crippen LogP contribution in [-0.4, -0.2) is 49.2 Å². The molecule has 2 aromatic heterocycles. The Kier molecular flexibility index (Phi) is 4.94. The topological polar surface area (TPSA) is 121 Å². The standard InChI is InChI=1S/C18H18F3N7O2/c19-18(20,21)15(30)23-7-13-5-10-3-1-2-4-11(10)8-27(13)9-12-6-14(29)28-17(24-12)25-16(22)26-28/h1-4,6,13H,5,7-9H2,(H,23,30)(H3,22,24,25,26). The Morgan fingerprint density at radius 3 is 2.73 bits per heavy atom. The third kappa shape index (κ3) is 3.99. The number of amides is 1. The molecule has 9 nitrogen and oxygen atoms in total. The van der Waals surface area contributed by atoms with E-state index in [4.69, 9.17) is 5.73 Å². The van der Waals surface area contributed by atoms with Crippen LogP contribution >= 0.6 is 0 Å². The summed E-state index contributed by atoms with van der Waals surface area (Å²) in [4.78, 5) is 33.7. The number of halogens is 3. The lowest BCUT2D eigenvalue weighted by Crippen LogP contribution is -2.49. The van der Waals surface area contributed by atoms with Crippen LogP contribution in [0.15, 0.2) is 35.1 Å². The molecule has 1 amide bonds. The fourth-order valence-electron chi connectivity index (χ4n) is 3.57. The van der Waals surface area contributed by atoms with Gasteiger partial charge in [-0.05, 0) is 17.5 Å². The zero-order valence-corrected chi connectivity index (χ0v) is 15.6. The van der Waals surface area contributed by atoms with Crippen molar-refractivity contribution in [3.05, 3.63) is 57.5 Å². The van der Waals surface area contributed by atoms with Crippen LogP contribution in [0.4, 0.5) is 19.1 Å². The lowest BCUT2D eigenvalue weighted by molar-refractivity contribution is -0.173. The molecule has 0 saturated heterocycles. The number of rotatable bonds is 4. The first kappa shape index (κ1) is 19.9. The average Bonchev–Trinajstić information content (AvgIpc) is 3.06. The second-order valence-corrected chi connectivity index (χ2v) is 7.07. The molecule has 12 heteroatoms. The quantitative estimate of drug-likeness (QED) is 0.568. The van der Waals surface area contributed by atoms with Crippen LogP contribution in [0.2, 0.25) is 0 Å². The highest BCUT2D eigenvalue weighted by atomic mass is 19.4. The van der Waals surface area contributed by atoms with Gasteiger partial charge in [0.1, 0.15) is 0 Å². The lowest BCUT2D eigenvalue weighted by Gasteiger charge is -2.36. The Balaban J connectivity index is 1.59.